The van der Waals surface area contributed by atoms with Gasteiger partial charge in [-0.2, -0.15) is 0 Å². The second-order valence-electron chi connectivity index (χ2n) is 3.97. The average molecular weight is 290 g/mol. The van der Waals surface area contributed by atoms with Gasteiger partial charge in [0.1, 0.15) is 18.5 Å². The molecule has 2 atom stereocenters. The van der Waals surface area contributed by atoms with E-state index in [0.29, 0.717) is 22.3 Å². The van der Waals surface area contributed by atoms with Gasteiger partial charge in [-0.15, -0.1) is 6.58 Å². The van der Waals surface area contributed by atoms with Gasteiger partial charge < -0.3 is 15.2 Å². The van der Waals surface area contributed by atoms with Crippen molar-refractivity contribution in [2.24, 2.45) is 0 Å². The average Bonchev–Trinajstić information content (AvgIpc) is 2.36. The Morgan fingerprint density at radius 3 is 2.89 bits per heavy atom. The van der Waals surface area contributed by atoms with Gasteiger partial charge in [-0.3, -0.25) is 0 Å². The lowest BCUT2D eigenvalue weighted by atomic mass is 10.3. The molecule has 0 aliphatic rings. The second-order valence-corrected chi connectivity index (χ2v) is 4.82. The van der Waals surface area contributed by atoms with Crippen LogP contribution in [0.4, 0.5) is 0 Å². The molecule has 100 valence electrons. The molecular formula is C13H17Cl2NO2. The highest BCUT2D eigenvalue weighted by Gasteiger charge is 2.08. The molecule has 0 aromatic heterocycles. The summed E-state index contributed by atoms with van der Waals surface area (Å²) in [5.74, 6) is 0.472. The van der Waals surface area contributed by atoms with Crippen LogP contribution in [0.5, 0.6) is 5.75 Å². The minimum atomic E-state index is -0.623. The molecule has 0 aliphatic carbocycles. The molecule has 18 heavy (non-hydrogen) atoms. The highest BCUT2D eigenvalue weighted by atomic mass is 35.5. The van der Waals surface area contributed by atoms with Crippen LogP contribution in [0, 0.1) is 0 Å². The van der Waals surface area contributed by atoms with Crippen molar-refractivity contribution >= 4 is 23.2 Å². The zero-order chi connectivity index (χ0) is 13.5. The molecule has 1 rings (SSSR count). The van der Waals surface area contributed by atoms with Crippen molar-refractivity contribution in [1.82, 2.24) is 5.32 Å². The maximum absolute atomic E-state index is 9.72. The van der Waals surface area contributed by atoms with E-state index in [9.17, 15) is 5.11 Å². The summed E-state index contributed by atoms with van der Waals surface area (Å²) in [6, 6.07) is 5.11. The van der Waals surface area contributed by atoms with Crippen LogP contribution in [0.15, 0.2) is 30.9 Å². The van der Waals surface area contributed by atoms with Gasteiger partial charge in [0.15, 0.2) is 0 Å². The topological polar surface area (TPSA) is 41.5 Å². The summed E-state index contributed by atoms with van der Waals surface area (Å²) in [4.78, 5) is 0. The van der Waals surface area contributed by atoms with Crippen molar-refractivity contribution in [3.8, 4) is 5.75 Å². The molecule has 0 aliphatic heterocycles. The molecule has 5 heteroatoms. The largest absolute Gasteiger partial charge is 0.489 e. The van der Waals surface area contributed by atoms with Gasteiger partial charge in [0, 0.05) is 23.7 Å². The first-order valence-electron chi connectivity index (χ1n) is 5.64. The minimum absolute atomic E-state index is 0.148. The van der Waals surface area contributed by atoms with E-state index in [0.717, 1.165) is 0 Å². The molecule has 0 fully saturated rings. The molecule has 1 aromatic rings. The number of aliphatic hydroxyl groups is 1. The van der Waals surface area contributed by atoms with Gasteiger partial charge in [-0.05, 0) is 19.1 Å². The molecule has 3 nitrogen and oxygen atoms in total. The fourth-order valence-electron chi connectivity index (χ4n) is 1.24. The van der Waals surface area contributed by atoms with Gasteiger partial charge in [0.2, 0.25) is 0 Å². The van der Waals surface area contributed by atoms with Crippen molar-refractivity contribution in [3.05, 3.63) is 40.9 Å². The maximum Gasteiger partial charge on any atom is 0.139 e. The molecule has 2 unspecified atom stereocenters. The number of aliphatic hydroxyl groups excluding tert-OH is 1. The number of ether oxygens (including phenoxy) is 1. The number of rotatable bonds is 7. The van der Waals surface area contributed by atoms with E-state index in [1.54, 1.807) is 24.3 Å². The summed E-state index contributed by atoms with van der Waals surface area (Å²) >= 11 is 11.8. The highest BCUT2D eigenvalue weighted by molar-refractivity contribution is 6.34. The van der Waals surface area contributed by atoms with Crippen LogP contribution in [0.3, 0.4) is 0 Å². The van der Waals surface area contributed by atoms with Crippen molar-refractivity contribution in [2.75, 3.05) is 13.2 Å². The molecule has 0 amide bonds. The van der Waals surface area contributed by atoms with Gasteiger partial charge in [0.25, 0.3) is 0 Å². The van der Waals surface area contributed by atoms with Crippen molar-refractivity contribution in [1.29, 1.82) is 0 Å². The minimum Gasteiger partial charge on any atom is -0.489 e. The summed E-state index contributed by atoms with van der Waals surface area (Å²) in [5, 5.41) is 13.8. The monoisotopic (exact) mass is 289 g/mol. The third kappa shape index (κ3) is 5.27. The molecule has 0 heterocycles. The molecular weight excluding hydrogens is 273 g/mol. The lowest BCUT2D eigenvalue weighted by molar-refractivity contribution is 0.105. The lowest BCUT2D eigenvalue weighted by Crippen LogP contribution is -2.35. The second kappa shape index (κ2) is 7.64. The lowest BCUT2D eigenvalue weighted by Gasteiger charge is -2.16. The van der Waals surface area contributed by atoms with Crippen molar-refractivity contribution in [3.63, 3.8) is 0 Å². The Morgan fingerprint density at radius 1 is 1.50 bits per heavy atom. The van der Waals surface area contributed by atoms with E-state index in [1.807, 2.05) is 6.92 Å². The Balaban J connectivity index is 2.40. The zero-order valence-corrected chi connectivity index (χ0v) is 11.7. The third-order valence-corrected chi connectivity index (χ3v) is 2.90. The standard InChI is InChI=1S/C13H17Cl2NO2/c1-3-9(2)16-7-11(17)8-18-13-6-10(14)4-5-12(13)15/h3-6,9,11,16-17H,1,7-8H2,2H3. The summed E-state index contributed by atoms with van der Waals surface area (Å²) in [5.41, 5.74) is 0. The number of nitrogens with one attached hydrogen (secondary N) is 1. The van der Waals surface area contributed by atoms with E-state index in [2.05, 4.69) is 11.9 Å². The Morgan fingerprint density at radius 2 is 2.22 bits per heavy atom. The Bertz CT molecular complexity index is 399. The maximum atomic E-state index is 9.72. The molecule has 0 radical (unpaired) electrons. The van der Waals surface area contributed by atoms with Gasteiger partial charge >= 0.3 is 0 Å². The van der Waals surface area contributed by atoms with Crippen molar-refractivity contribution in [2.45, 2.75) is 19.1 Å². The first-order valence-corrected chi connectivity index (χ1v) is 6.40. The first-order chi connectivity index (χ1) is 8.52. The molecule has 0 spiro atoms. The van der Waals surface area contributed by atoms with E-state index >= 15 is 0 Å². The van der Waals surface area contributed by atoms with Crippen LogP contribution in [0.25, 0.3) is 0 Å². The normalized spacial score (nSPS) is 14.0. The van der Waals surface area contributed by atoms with Gasteiger partial charge in [-0.25, -0.2) is 0 Å². The first kappa shape index (κ1) is 15.3. The summed E-state index contributed by atoms with van der Waals surface area (Å²) in [7, 11) is 0. The molecule has 1 aromatic carbocycles. The Kier molecular flexibility index (Phi) is 6.50. The van der Waals surface area contributed by atoms with E-state index in [4.69, 9.17) is 27.9 Å². The fourth-order valence-corrected chi connectivity index (χ4v) is 1.57. The number of hydrogen-bond acceptors (Lipinski definition) is 3. The van der Waals surface area contributed by atoms with Crippen molar-refractivity contribution < 1.29 is 9.84 Å². The van der Waals surface area contributed by atoms with E-state index < -0.39 is 6.10 Å². The summed E-state index contributed by atoms with van der Waals surface area (Å²) in [6.45, 7) is 6.17. The third-order valence-electron chi connectivity index (χ3n) is 2.35. The molecule has 0 saturated heterocycles. The van der Waals surface area contributed by atoms with Gasteiger partial charge in [0.05, 0.1) is 5.02 Å². The van der Waals surface area contributed by atoms with Crippen LogP contribution in [0.2, 0.25) is 10.0 Å². The smallest absolute Gasteiger partial charge is 0.139 e. The van der Waals surface area contributed by atoms with Crippen LogP contribution in [0.1, 0.15) is 6.92 Å². The predicted octanol–water partition coefficient (Wildman–Crippen LogP) is 2.90. The van der Waals surface area contributed by atoms with Gasteiger partial charge in [-0.1, -0.05) is 29.3 Å². The van der Waals surface area contributed by atoms with E-state index in [-0.39, 0.29) is 12.6 Å². The van der Waals surface area contributed by atoms with Crippen LogP contribution >= 0.6 is 23.2 Å². The number of halogens is 2. The Labute approximate surface area is 117 Å². The SMILES string of the molecule is C=CC(C)NCC(O)COc1cc(Cl)ccc1Cl. The summed E-state index contributed by atoms with van der Waals surface area (Å²) in [6.07, 6.45) is 1.14. The highest BCUT2D eigenvalue weighted by Crippen LogP contribution is 2.27. The predicted molar refractivity (Wildman–Crippen MR) is 75.6 cm³/mol. The van der Waals surface area contributed by atoms with Crippen LogP contribution in [-0.2, 0) is 0 Å². The number of benzene rings is 1. The molecule has 0 saturated carbocycles. The zero-order valence-electron chi connectivity index (χ0n) is 10.2. The van der Waals surface area contributed by atoms with Crippen LogP contribution in [-0.4, -0.2) is 30.4 Å². The quantitative estimate of drug-likeness (QED) is 0.759. The Hall–Kier alpha value is -0.740. The molecule has 2 N–H and O–H groups in total. The number of hydrogen-bond donors (Lipinski definition) is 2. The molecule has 0 bridgehead atoms. The fraction of sp³-hybridized carbons (Fsp3) is 0.385. The van der Waals surface area contributed by atoms with E-state index in [1.165, 1.54) is 0 Å². The van der Waals surface area contributed by atoms with Crippen LogP contribution < -0.4 is 10.1 Å². The summed E-state index contributed by atoms with van der Waals surface area (Å²) < 4.78 is 5.41.